The maximum atomic E-state index is 12.6. The lowest BCUT2D eigenvalue weighted by molar-refractivity contribution is 0.0698. The third kappa shape index (κ3) is 3.20. The van der Waals surface area contributed by atoms with E-state index >= 15 is 0 Å². The van der Waals surface area contributed by atoms with Crippen LogP contribution in [0.5, 0.6) is 0 Å². The van der Waals surface area contributed by atoms with Crippen molar-refractivity contribution in [3.63, 3.8) is 0 Å². The van der Waals surface area contributed by atoms with Gasteiger partial charge < -0.3 is 10.2 Å². The molecule has 1 saturated heterocycles. The average Bonchev–Trinajstić information content (AvgIpc) is 3.49. The van der Waals surface area contributed by atoms with Gasteiger partial charge in [0, 0.05) is 43.4 Å². The fraction of sp³-hybridized carbons (Fsp3) is 0.444. The maximum Gasteiger partial charge on any atom is 0.257 e. The van der Waals surface area contributed by atoms with Crippen LogP contribution in [0.1, 0.15) is 41.6 Å². The van der Waals surface area contributed by atoms with Gasteiger partial charge in [-0.15, -0.1) is 0 Å². The molecule has 8 nitrogen and oxygen atoms in total. The Morgan fingerprint density at radius 1 is 1.23 bits per heavy atom. The van der Waals surface area contributed by atoms with Gasteiger partial charge in [-0.05, 0) is 25.7 Å². The number of likely N-dealkylation sites (tertiary alicyclic amines) is 1. The third-order valence-electron chi connectivity index (χ3n) is 5.00. The van der Waals surface area contributed by atoms with E-state index in [0.29, 0.717) is 24.6 Å². The van der Waals surface area contributed by atoms with Gasteiger partial charge in [-0.3, -0.25) is 4.79 Å². The van der Waals surface area contributed by atoms with Crippen molar-refractivity contribution in [1.82, 2.24) is 24.8 Å². The van der Waals surface area contributed by atoms with Crippen molar-refractivity contribution in [1.29, 1.82) is 5.26 Å². The monoisotopic (exact) mass is 349 g/mol. The van der Waals surface area contributed by atoms with E-state index in [1.165, 1.54) is 6.33 Å². The van der Waals surface area contributed by atoms with Crippen molar-refractivity contribution < 1.29 is 4.79 Å². The van der Waals surface area contributed by atoms with Crippen molar-refractivity contribution in [3.8, 4) is 6.07 Å². The molecule has 2 aliphatic rings. The van der Waals surface area contributed by atoms with Crippen LogP contribution in [0.2, 0.25) is 0 Å². The molecule has 2 fully saturated rings. The fourth-order valence-electron chi connectivity index (χ4n) is 3.32. The Kier molecular flexibility index (Phi) is 4.21. The van der Waals surface area contributed by atoms with E-state index in [4.69, 9.17) is 5.26 Å². The van der Waals surface area contributed by atoms with Gasteiger partial charge >= 0.3 is 0 Å². The zero-order chi connectivity index (χ0) is 18.0. The summed E-state index contributed by atoms with van der Waals surface area (Å²) in [5.41, 5.74) is 1.25. The fourth-order valence-corrected chi connectivity index (χ4v) is 3.32. The number of anilines is 1. The highest BCUT2D eigenvalue weighted by molar-refractivity contribution is 5.93. The SMILES string of the molecule is N#CC1CCCN(C(=O)c2cnc(NC3(c4cncnc4)CC3)nc2)C1. The number of rotatable bonds is 4. The molecule has 1 amide bonds. The highest BCUT2D eigenvalue weighted by Gasteiger charge is 2.45. The normalized spacial score (nSPS) is 20.9. The number of aromatic nitrogens is 4. The highest BCUT2D eigenvalue weighted by Crippen LogP contribution is 2.47. The molecule has 0 radical (unpaired) electrons. The van der Waals surface area contributed by atoms with Crippen LogP contribution in [0.25, 0.3) is 0 Å². The Balaban J connectivity index is 1.44. The molecule has 1 saturated carbocycles. The molecular weight excluding hydrogens is 330 g/mol. The second-order valence-electron chi connectivity index (χ2n) is 6.85. The van der Waals surface area contributed by atoms with E-state index in [1.807, 2.05) is 0 Å². The molecule has 1 aliphatic heterocycles. The van der Waals surface area contributed by atoms with Crippen LogP contribution in [0.3, 0.4) is 0 Å². The van der Waals surface area contributed by atoms with E-state index in [9.17, 15) is 4.79 Å². The van der Waals surface area contributed by atoms with Crippen molar-refractivity contribution in [2.75, 3.05) is 18.4 Å². The molecule has 2 aromatic rings. The van der Waals surface area contributed by atoms with Gasteiger partial charge in [0.25, 0.3) is 5.91 Å². The quantitative estimate of drug-likeness (QED) is 0.895. The molecule has 132 valence electrons. The van der Waals surface area contributed by atoms with Crippen LogP contribution in [0.4, 0.5) is 5.95 Å². The van der Waals surface area contributed by atoms with E-state index in [-0.39, 0.29) is 17.4 Å². The number of nitriles is 1. The summed E-state index contributed by atoms with van der Waals surface area (Å²) in [6.45, 7) is 1.15. The number of hydrogen-bond donors (Lipinski definition) is 1. The lowest BCUT2D eigenvalue weighted by Crippen LogP contribution is -2.39. The standard InChI is InChI=1S/C18H19N7O/c19-6-13-2-1-5-25(11-13)16(26)14-7-22-17(23-8-14)24-18(3-4-18)15-9-20-12-21-10-15/h7-10,12-13H,1-5,11H2,(H,22,23,24). The van der Waals surface area contributed by atoms with Crippen molar-refractivity contribution >= 4 is 11.9 Å². The van der Waals surface area contributed by atoms with Gasteiger partial charge in [0.15, 0.2) is 0 Å². The van der Waals surface area contributed by atoms with Crippen LogP contribution in [0, 0.1) is 17.2 Å². The lowest BCUT2D eigenvalue weighted by atomic mass is 9.99. The number of nitrogens with zero attached hydrogens (tertiary/aromatic N) is 6. The van der Waals surface area contributed by atoms with Gasteiger partial charge in [-0.1, -0.05) is 0 Å². The van der Waals surface area contributed by atoms with E-state index in [1.54, 1.807) is 29.7 Å². The van der Waals surface area contributed by atoms with Crippen molar-refractivity contribution in [2.24, 2.45) is 5.92 Å². The molecule has 4 rings (SSSR count). The summed E-state index contributed by atoms with van der Waals surface area (Å²) in [6.07, 6.45) is 11.8. The first-order chi connectivity index (χ1) is 12.7. The number of carbonyl (C=O) groups excluding carboxylic acids is 1. The summed E-state index contributed by atoms with van der Waals surface area (Å²) >= 11 is 0. The van der Waals surface area contributed by atoms with E-state index in [2.05, 4.69) is 31.3 Å². The molecule has 1 atom stereocenters. The first-order valence-corrected chi connectivity index (χ1v) is 8.75. The predicted molar refractivity (Wildman–Crippen MR) is 92.8 cm³/mol. The first-order valence-electron chi connectivity index (χ1n) is 8.75. The Labute approximate surface area is 151 Å². The summed E-state index contributed by atoms with van der Waals surface area (Å²) in [7, 11) is 0. The molecule has 2 aromatic heterocycles. The van der Waals surface area contributed by atoms with Crippen LogP contribution in [-0.2, 0) is 5.54 Å². The average molecular weight is 349 g/mol. The molecule has 0 aromatic carbocycles. The predicted octanol–water partition coefficient (Wildman–Crippen LogP) is 1.74. The Hall–Kier alpha value is -3.08. The highest BCUT2D eigenvalue weighted by atomic mass is 16.2. The Morgan fingerprint density at radius 2 is 1.96 bits per heavy atom. The number of piperidine rings is 1. The zero-order valence-corrected chi connectivity index (χ0v) is 14.3. The first kappa shape index (κ1) is 16.4. The minimum absolute atomic E-state index is 0.0858. The molecule has 1 aliphatic carbocycles. The zero-order valence-electron chi connectivity index (χ0n) is 14.3. The van der Waals surface area contributed by atoms with Gasteiger partial charge in [-0.25, -0.2) is 19.9 Å². The van der Waals surface area contributed by atoms with Crippen molar-refractivity contribution in [2.45, 2.75) is 31.2 Å². The number of nitrogens with one attached hydrogen (secondary N) is 1. The van der Waals surface area contributed by atoms with Gasteiger partial charge in [-0.2, -0.15) is 5.26 Å². The van der Waals surface area contributed by atoms with Crippen molar-refractivity contribution in [3.05, 3.63) is 42.2 Å². The second-order valence-corrected chi connectivity index (χ2v) is 6.85. The summed E-state index contributed by atoms with van der Waals surface area (Å²) < 4.78 is 0. The molecular formula is C18H19N7O. The minimum Gasteiger partial charge on any atom is -0.345 e. The van der Waals surface area contributed by atoms with Crippen LogP contribution in [0.15, 0.2) is 31.1 Å². The van der Waals surface area contributed by atoms with E-state index in [0.717, 1.165) is 31.2 Å². The third-order valence-corrected chi connectivity index (χ3v) is 5.00. The smallest absolute Gasteiger partial charge is 0.257 e. The van der Waals surface area contributed by atoms with Gasteiger partial charge in [0.1, 0.15) is 6.33 Å². The molecule has 8 heteroatoms. The molecule has 3 heterocycles. The molecule has 1 N–H and O–H groups in total. The van der Waals surface area contributed by atoms with Gasteiger partial charge in [0.2, 0.25) is 5.95 Å². The number of carbonyl (C=O) groups is 1. The topological polar surface area (TPSA) is 108 Å². The van der Waals surface area contributed by atoms with Gasteiger partial charge in [0.05, 0.1) is 23.1 Å². The maximum absolute atomic E-state index is 12.6. The number of amides is 1. The summed E-state index contributed by atoms with van der Waals surface area (Å²) in [5, 5.41) is 12.4. The molecule has 0 bridgehead atoms. The Bertz CT molecular complexity index is 827. The summed E-state index contributed by atoms with van der Waals surface area (Å²) in [4.78, 5) is 31.1. The van der Waals surface area contributed by atoms with E-state index < -0.39 is 0 Å². The molecule has 0 spiro atoms. The largest absolute Gasteiger partial charge is 0.345 e. The molecule has 26 heavy (non-hydrogen) atoms. The molecule has 1 unspecified atom stereocenters. The summed E-state index contributed by atoms with van der Waals surface area (Å²) in [5.74, 6) is 0.280. The minimum atomic E-state index is -0.209. The number of hydrogen-bond acceptors (Lipinski definition) is 7. The second kappa shape index (κ2) is 6.67. The van der Waals surface area contributed by atoms with Crippen LogP contribution < -0.4 is 5.32 Å². The van der Waals surface area contributed by atoms with Crippen LogP contribution >= 0.6 is 0 Å². The Morgan fingerprint density at radius 3 is 2.62 bits per heavy atom. The summed E-state index contributed by atoms with van der Waals surface area (Å²) in [6, 6.07) is 2.25. The lowest BCUT2D eigenvalue weighted by Gasteiger charge is -2.29. The van der Waals surface area contributed by atoms with Crippen LogP contribution in [-0.4, -0.2) is 43.8 Å².